The molecular weight excluding hydrogens is 239 g/mol. The average molecular weight is 254 g/mol. The normalized spacial score (nSPS) is 23.0. The minimum absolute atomic E-state index is 0.0344. The quantitative estimate of drug-likeness (QED) is 0.775. The van der Waals surface area contributed by atoms with Crippen molar-refractivity contribution in [3.05, 3.63) is 29.6 Å². The van der Waals surface area contributed by atoms with Gasteiger partial charge in [0.1, 0.15) is 5.82 Å². The molecule has 0 bridgehead atoms. The zero-order valence-corrected chi connectivity index (χ0v) is 10.7. The summed E-state index contributed by atoms with van der Waals surface area (Å²) >= 11 is 1.64. The van der Waals surface area contributed by atoms with Gasteiger partial charge < -0.3 is 4.74 Å². The molecule has 0 unspecified atom stereocenters. The minimum atomic E-state index is -0.198. The number of halogens is 1. The Hall–Kier alpha value is -1.03. The van der Waals surface area contributed by atoms with Gasteiger partial charge in [-0.15, -0.1) is 11.8 Å². The van der Waals surface area contributed by atoms with Gasteiger partial charge in [0.15, 0.2) is 0 Å². The van der Waals surface area contributed by atoms with E-state index in [4.69, 9.17) is 0 Å². The minimum Gasteiger partial charge on any atom is -0.469 e. The van der Waals surface area contributed by atoms with E-state index in [9.17, 15) is 9.18 Å². The fraction of sp³-hybridized carbons (Fsp3) is 0.462. The maximum Gasteiger partial charge on any atom is 0.308 e. The number of benzene rings is 1. The number of carbonyl (C=O) groups is 1. The van der Waals surface area contributed by atoms with Crippen LogP contribution in [0.15, 0.2) is 23.1 Å². The van der Waals surface area contributed by atoms with Crippen molar-refractivity contribution in [1.29, 1.82) is 0 Å². The number of methoxy groups -OCH3 is 1. The van der Waals surface area contributed by atoms with Crippen molar-refractivity contribution in [2.45, 2.75) is 29.9 Å². The van der Waals surface area contributed by atoms with Gasteiger partial charge in [-0.3, -0.25) is 4.79 Å². The first kappa shape index (κ1) is 12.4. The molecule has 0 atom stereocenters. The van der Waals surface area contributed by atoms with Crippen molar-refractivity contribution >= 4 is 17.7 Å². The van der Waals surface area contributed by atoms with E-state index in [-0.39, 0.29) is 17.7 Å². The first-order valence-electron chi connectivity index (χ1n) is 5.60. The second kappa shape index (κ2) is 5.08. The fourth-order valence-electron chi connectivity index (χ4n) is 1.98. The lowest BCUT2D eigenvalue weighted by atomic mass is 9.85. The summed E-state index contributed by atoms with van der Waals surface area (Å²) in [5.74, 6) is -0.291. The van der Waals surface area contributed by atoms with Gasteiger partial charge in [-0.1, -0.05) is 0 Å². The molecule has 0 aromatic heterocycles. The molecule has 1 aromatic carbocycles. The monoisotopic (exact) mass is 254 g/mol. The maximum atomic E-state index is 13.2. The van der Waals surface area contributed by atoms with Crippen molar-refractivity contribution < 1.29 is 13.9 Å². The van der Waals surface area contributed by atoms with Crippen molar-refractivity contribution in [3.63, 3.8) is 0 Å². The number of rotatable bonds is 3. The molecular formula is C13H15FO2S. The van der Waals surface area contributed by atoms with Gasteiger partial charge in [-0.25, -0.2) is 4.39 Å². The molecule has 0 radical (unpaired) electrons. The predicted molar refractivity (Wildman–Crippen MR) is 65.5 cm³/mol. The van der Waals surface area contributed by atoms with Gasteiger partial charge in [0.2, 0.25) is 0 Å². The molecule has 92 valence electrons. The van der Waals surface area contributed by atoms with E-state index in [1.165, 1.54) is 13.2 Å². The van der Waals surface area contributed by atoms with Crippen LogP contribution in [0.2, 0.25) is 0 Å². The van der Waals surface area contributed by atoms with Crippen LogP contribution in [0.4, 0.5) is 4.39 Å². The summed E-state index contributed by atoms with van der Waals surface area (Å²) in [6.45, 7) is 1.88. The highest BCUT2D eigenvalue weighted by atomic mass is 32.2. The molecule has 1 fully saturated rings. The molecule has 1 aliphatic carbocycles. The van der Waals surface area contributed by atoms with Crippen LogP contribution in [0.25, 0.3) is 0 Å². The lowest BCUT2D eigenvalue weighted by Gasteiger charge is -2.32. The Labute approximate surface area is 105 Å². The third-order valence-corrected chi connectivity index (χ3v) is 4.17. The van der Waals surface area contributed by atoms with Crippen molar-refractivity contribution in [3.8, 4) is 0 Å². The van der Waals surface area contributed by atoms with Gasteiger partial charge in [-0.2, -0.15) is 0 Å². The number of ether oxygens (including phenoxy) is 1. The molecule has 0 heterocycles. The highest BCUT2D eigenvalue weighted by Crippen LogP contribution is 2.41. The molecule has 0 N–H and O–H groups in total. The Balaban J connectivity index is 1.89. The summed E-state index contributed by atoms with van der Waals surface area (Å²) < 4.78 is 17.9. The van der Waals surface area contributed by atoms with E-state index in [0.717, 1.165) is 23.3 Å². The molecule has 2 rings (SSSR count). The lowest BCUT2D eigenvalue weighted by molar-refractivity contribution is -0.148. The van der Waals surface area contributed by atoms with Crippen LogP contribution in [0.1, 0.15) is 18.4 Å². The van der Waals surface area contributed by atoms with Gasteiger partial charge >= 0.3 is 5.97 Å². The van der Waals surface area contributed by atoms with E-state index in [2.05, 4.69) is 4.74 Å². The molecule has 0 saturated heterocycles. The number of hydrogen-bond acceptors (Lipinski definition) is 3. The van der Waals surface area contributed by atoms with Crippen molar-refractivity contribution in [1.82, 2.24) is 0 Å². The topological polar surface area (TPSA) is 26.3 Å². The molecule has 0 spiro atoms. The predicted octanol–water partition coefficient (Wildman–Crippen LogP) is 3.18. The summed E-state index contributed by atoms with van der Waals surface area (Å²) in [5, 5.41) is 0.403. The zero-order valence-electron chi connectivity index (χ0n) is 9.90. The van der Waals surface area contributed by atoms with Gasteiger partial charge in [0.05, 0.1) is 13.0 Å². The van der Waals surface area contributed by atoms with E-state index in [1.54, 1.807) is 17.8 Å². The van der Waals surface area contributed by atoms with Crippen LogP contribution >= 0.6 is 11.8 Å². The smallest absolute Gasteiger partial charge is 0.308 e. The molecule has 1 aliphatic rings. The van der Waals surface area contributed by atoms with Crippen molar-refractivity contribution in [2.24, 2.45) is 5.92 Å². The largest absolute Gasteiger partial charge is 0.469 e. The average Bonchev–Trinajstić information content (AvgIpc) is 2.20. The number of aryl methyl sites for hydroxylation is 1. The van der Waals surface area contributed by atoms with Crippen LogP contribution in [-0.4, -0.2) is 18.3 Å². The fourth-order valence-corrected chi connectivity index (χ4v) is 3.46. The van der Waals surface area contributed by atoms with Gasteiger partial charge in [0.25, 0.3) is 0 Å². The third-order valence-electron chi connectivity index (χ3n) is 2.95. The highest BCUT2D eigenvalue weighted by Gasteiger charge is 2.35. The molecule has 2 nitrogen and oxygen atoms in total. The Morgan fingerprint density at radius 2 is 2.12 bits per heavy atom. The summed E-state index contributed by atoms with van der Waals surface area (Å²) in [5.41, 5.74) is 0.927. The maximum absolute atomic E-state index is 13.2. The summed E-state index contributed by atoms with van der Waals surface area (Å²) in [6.07, 6.45) is 1.65. The molecule has 1 saturated carbocycles. The Morgan fingerprint density at radius 3 is 2.71 bits per heavy atom. The van der Waals surface area contributed by atoms with Crippen LogP contribution in [-0.2, 0) is 9.53 Å². The highest BCUT2D eigenvalue weighted by molar-refractivity contribution is 8.00. The van der Waals surface area contributed by atoms with Crippen LogP contribution in [0.5, 0.6) is 0 Å². The molecule has 0 amide bonds. The number of esters is 1. The van der Waals surface area contributed by atoms with Crippen LogP contribution < -0.4 is 0 Å². The van der Waals surface area contributed by atoms with E-state index in [0.29, 0.717) is 5.25 Å². The second-order valence-electron chi connectivity index (χ2n) is 4.40. The van der Waals surface area contributed by atoms with E-state index < -0.39 is 0 Å². The Kier molecular flexibility index (Phi) is 3.72. The van der Waals surface area contributed by atoms with E-state index in [1.807, 2.05) is 13.0 Å². The van der Waals surface area contributed by atoms with Gasteiger partial charge in [0, 0.05) is 10.1 Å². The molecule has 17 heavy (non-hydrogen) atoms. The SMILES string of the molecule is COC(=O)C1CC(Sc2cc(C)cc(F)c2)C1. The Morgan fingerprint density at radius 1 is 1.41 bits per heavy atom. The molecule has 1 aromatic rings. The number of thioether (sulfide) groups is 1. The standard InChI is InChI=1S/C13H15FO2S/c1-8-3-10(14)7-11(4-8)17-12-5-9(6-12)13(15)16-2/h3-4,7,9,12H,5-6H2,1-2H3. The number of carbonyl (C=O) groups excluding carboxylic acids is 1. The molecule has 4 heteroatoms. The number of hydrogen-bond donors (Lipinski definition) is 0. The first-order chi connectivity index (χ1) is 8.08. The third kappa shape index (κ3) is 3.00. The van der Waals surface area contributed by atoms with Crippen molar-refractivity contribution in [2.75, 3.05) is 7.11 Å². The summed E-state index contributed by atoms with van der Waals surface area (Å²) in [7, 11) is 1.42. The Bertz CT molecular complexity index is 407. The molecule has 0 aliphatic heterocycles. The zero-order chi connectivity index (χ0) is 12.4. The summed E-state index contributed by atoms with van der Waals surface area (Å²) in [6, 6.07) is 5.03. The first-order valence-corrected chi connectivity index (χ1v) is 6.48. The van der Waals surface area contributed by atoms with Crippen LogP contribution in [0.3, 0.4) is 0 Å². The summed E-state index contributed by atoms with van der Waals surface area (Å²) in [4.78, 5) is 12.1. The van der Waals surface area contributed by atoms with E-state index >= 15 is 0 Å². The lowest BCUT2D eigenvalue weighted by Crippen LogP contribution is -2.33. The van der Waals surface area contributed by atoms with Crippen LogP contribution in [0, 0.1) is 18.7 Å². The second-order valence-corrected chi connectivity index (χ2v) is 5.77. The van der Waals surface area contributed by atoms with Gasteiger partial charge in [-0.05, 0) is 43.5 Å².